The van der Waals surface area contributed by atoms with Crippen molar-refractivity contribution < 1.29 is 14.7 Å². The molecule has 1 rings (SSSR count). The van der Waals surface area contributed by atoms with Crippen molar-refractivity contribution >= 4 is 11.9 Å². The van der Waals surface area contributed by atoms with Crippen molar-refractivity contribution in [1.82, 2.24) is 14.9 Å². The monoisotopic (exact) mass is 237 g/mol. The number of aliphatic carboxylic acids is 1. The van der Waals surface area contributed by atoms with Gasteiger partial charge in [0.2, 0.25) is 0 Å². The van der Waals surface area contributed by atoms with Gasteiger partial charge in [0.05, 0.1) is 11.3 Å². The average Bonchev–Trinajstić information content (AvgIpc) is 2.27. The van der Waals surface area contributed by atoms with Crippen LogP contribution in [0.4, 0.5) is 0 Å². The minimum Gasteiger partial charge on any atom is -0.480 e. The third kappa shape index (κ3) is 3.24. The van der Waals surface area contributed by atoms with Crippen LogP contribution in [0.5, 0.6) is 0 Å². The lowest BCUT2D eigenvalue weighted by atomic mass is 10.0. The molecule has 0 saturated heterocycles. The van der Waals surface area contributed by atoms with E-state index in [-0.39, 0.29) is 18.4 Å². The van der Waals surface area contributed by atoms with Crippen molar-refractivity contribution in [3.63, 3.8) is 0 Å². The molecule has 0 unspecified atom stereocenters. The Morgan fingerprint density at radius 1 is 1.47 bits per heavy atom. The summed E-state index contributed by atoms with van der Waals surface area (Å²) < 4.78 is 0. The summed E-state index contributed by atoms with van der Waals surface area (Å²) in [4.78, 5) is 31.5. The number of aromatic nitrogens is 2. The van der Waals surface area contributed by atoms with Crippen molar-refractivity contribution in [2.45, 2.75) is 19.8 Å². The number of carboxylic acids is 1. The standard InChI is InChI=1S/C11H15N3O3/c1-7(2)10-8(4-12-6-13-10)11(17)14(3)5-9(15)16/h4,6-7H,5H2,1-3H3,(H,15,16). The number of rotatable bonds is 4. The van der Waals surface area contributed by atoms with E-state index in [1.165, 1.54) is 19.6 Å². The fourth-order valence-corrected chi connectivity index (χ4v) is 1.44. The minimum atomic E-state index is -1.05. The second-order valence-electron chi connectivity index (χ2n) is 4.03. The van der Waals surface area contributed by atoms with Crippen LogP contribution in [0.1, 0.15) is 35.8 Å². The lowest BCUT2D eigenvalue weighted by molar-refractivity contribution is -0.137. The highest BCUT2D eigenvalue weighted by molar-refractivity contribution is 5.96. The molecule has 92 valence electrons. The highest BCUT2D eigenvalue weighted by atomic mass is 16.4. The number of amides is 1. The molecule has 1 heterocycles. The van der Waals surface area contributed by atoms with Gasteiger partial charge in [-0.15, -0.1) is 0 Å². The molecular weight excluding hydrogens is 222 g/mol. The third-order valence-corrected chi connectivity index (χ3v) is 2.24. The van der Waals surface area contributed by atoms with Crippen molar-refractivity contribution in [1.29, 1.82) is 0 Å². The van der Waals surface area contributed by atoms with E-state index in [2.05, 4.69) is 9.97 Å². The summed E-state index contributed by atoms with van der Waals surface area (Å²) in [6.07, 6.45) is 2.80. The predicted octanol–water partition coefficient (Wildman–Crippen LogP) is 0.757. The lowest BCUT2D eigenvalue weighted by Crippen LogP contribution is -2.33. The topological polar surface area (TPSA) is 83.4 Å². The second kappa shape index (κ2) is 5.38. The number of hydrogen-bond donors (Lipinski definition) is 1. The average molecular weight is 237 g/mol. The fourth-order valence-electron chi connectivity index (χ4n) is 1.44. The number of carbonyl (C=O) groups is 2. The molecule has 17 heavy (non-hydrogen) atoms. The summed E-state index contributed by atoms with van der Waals surface area (Å²) in [5, 5.41) is 8.63. The first-order valence-corrected chi connectivity index (χ1v) is 5.20. The number of nitrogens with zero attached hydrogens (tertiary/aromatic N) is 3. The summed E-state index contributed by atoms with van der Waals surface area (Å²) >= 11 is 0. The SMILES string of the molecule is CC(C)c1ncncc1C(=O)N(C)CC(=O)O. The molecule has 0 aliphatic carbocycles. The Morgan fingerprint density at radius 3 is 2.65 bits per heavy atom. The van der Waals surface area contributed by atoms with Crippen LogP contribution in [0.2, 0.25) is 0 Å². The number of carboxylic acid groups (broad SMARTS) is 1. The van der Waals surface area contributed by atoms with Gasteiger partial charge in [0, 0.05) is 13.2 Å². The Kier molecular flexibility index (Phi) is 4.14. The smallest absolute Gasteiger partial charge is 0.323 e. The maximum absolute atomic E-state index is 12.0. The van der Waals surface area contributed by atoms with Crippen molar-refractivity contribution in [3.05, 3.63) is 23.8 Å². The summed E-state index contributed by atoms with van der Waals surface area (Å²) in [5.74, 6) is -1.35. The molecule has 0 spiro atoms. The van der Waals surface area contributed by atoms with Gasteiger partial charge in [-0.3, -0.25) is 9.59 Å². The van der Waals surface area contributed by atoms with E-state index in [4.69, 9.17) is 5.11 Å². The first-order chi connectivity index (χ1) is 7.93. The lowest BCUT2D eigenvalue weighted by Gasteiger charge is -2.17. The molecule has 1 aromatic rings. The zero-order valence-corrected chi connectivity index (χ0v) is 10.0. The molecule has 1 amide bonds. The summed E-state index contributed by atoms with van der Waals surface area (Å²) in [6, 6.07) is 0. The van der Waals surface area contributed by atoms with Gasteiger partial charge in [-0.25, -0.2) is 9.97 Å². The third-order valence-electron chi connectivity index (χ3n) is 2.24. The van der Waals surface area contributed by atoms with Gasteiger partial charge in [-0.1, -0.05) is 13.8 Å². The van der Waals surface area contributed by atoms with Crippen LogP contribution in [0.3, 0.4) is 0 Å². The van der Waals surface area contributed by atoms with Crippen LogP contribution in [0.25, 0.3) is 0 Å². The summed E-state index contributed by atoms with van der Waals surface area (Å²) in [5.41, 5.74) is 0.980. The number of likely N-dealkylation sites (N-methyl/N-ethyl adjacent to an activating group) is 1. The van der Waals surface area contributed by atoms with Gasteiger partial charge in [-0.05, 0) is 5.92 Å². The van der Waals surface area contributed by atoms with Gasteiger partial charge in [-0.2, -0.15) is 0 Å². The van der Waals surface area contributed by atoms with Gasteiger partial charge in [0.25, 0.3) is 5.91 Å². The van der Waals surface area contributed by atoms with Gasteiger partial charge in [0.15, 0.2) is 0 Å². The van der Waals surface area contributed by atoms with Crippen LogP contribution >= 0.6 is 0 Å². The Bertz CT molecular complexity index is 432. The van der Waals surface area contributed by atoms with Crippen molar-refractivity contribution in [2.75, 3.05) is 13.6 Å². The number of hydrogen-bond acceptors (Lipinski definition) is 4. The quantitative estimate of drug-likeness (QED) is 0.835. The van der Waals surface area contributed by atoms with E-state index >= 15 is 0 Å². The minimum absolute atomic E-state index is 0.0789. The second-order valence-corrected chi connectivity index (χ2v) is 4.03. The van der Waals surface area contributed by atoms with E-state index in [0.717, 1.165) is 4.90 Å². The maximum atomic E-state index is 12.0. The van der Waals surface area contributed by atoms with Crippen molar-refractivity contribution in [3.8, 4) is 0 Å². The Morgan fingerprint density at radius 2 is 2.12 bits per heavy atom. The van der Waals surface area contributed by atoms with E-state index in [0.29, 0.717) is 11.3 Å². The molecule has 1 aromatic heterocycles. The van der Waals surface area contributed by atoms with E-state index in [9.17, 15) is 9.59 Å². The molecule has 0 saturated carbocycles. The van der Waals surface area contributed by atoms with Gasteiger partial charge >= 0.3 is 5.97 Å². The van der Waals surface area contributed by atoms with E-state index < -0.39 is 5.97 Å². The fraction of sp³-hybridized carbons (Fsp3) is 0.455. The normalized spacial score (nSPS) is 10.4. The number of carbonyl (C=O) groups excluding carboxylic acids is 1. The first kappa shape index (κ1) is 13.1. The Hall–Kier alpha value is -1.98. The van der Waals surface area contributed by atoms with Crippen LogP contribution < -0.4 is 0 Å². The van der Waals surface area contributed by atoms with Crippen LogP contribution in [-0.4, -0.2) is 45.4 Å². The Labute approximate surface area is 99.3 Å². The molecule has 0 aliphatic rings. The van der Waals surface area contributed by atoms with Crippen LogP contribution in [0, 0.1) is 0 Å². The molecule has 0 bridgehead atoms. The molecule has 0 radical (unpaired) electrons. The maximum Gasteiger partial charge on any atom is 0.323 e. The zero-order valence-electron chi connectivity index (χ0n) is 10.0. The molecule has 0 atom stereocenters. The van der Waals surface area contributed by atoms with Gasteiger partial charge < -0.3 is 10.0 Å². The van der Waals surface area contributed by atoms with Crippen LogP contribution in [0.15, 0.2) is 12.5 Å². The van der Waals surface area contributed by atoms with Crippen LogP contribution in [-0.2, 0) is 4.79 Å². The molecule has 6 heteroatoms. The van der Waals surface area contributed by atoms with E-state index in [1.54, 1.807) is 0 Å². The highest BCUT2D eigenvalue weighted by Gasteiger charge is 2.20. The largest absolute Gasteiger partial charge is 0.480 e. The molecule has 0 aliphatic heterocycles. The van der Waals surface area contributed by atoms with Gasteiger partial charge in [0.1, 0.15) is 12.9 Å². The highest BCUT2D eigenvalue weighted by Crippen LogP contribution is 2.16. The van der Waals surface area contributed by atoms with Crippen molar-refractivity contribution in [2.24, 2.45) is 0 Å². The molecular formula is C11H15N3O3. The van der Waals surface area contributed by atoms with E-state index in [1.807, 2.05) is 13.8 Å². The zero-order chi connectivity index (χ0) is 13.0. The first-order valence-electron chi connectivity index (χ1n) is 5.20. The molecule has 1 N–H and O–H groups in total. The summed E-state index contributed by atoms with van der Waals surface area (Å²) in [6.45, 7) is 3.48. The molecule has 0 fully saturated rings. The predicted molar refractivity (Wildman–Crippen MR) is 60.7 cm³/mol. The molecule has 0 aromatic carbocycles. The Balaban J connectivity index is 2.99. The summed E-state index contributed by atoms with van der Waals surface area (Å²) in [7, 11) is 1.44. The molecule has 6 nitrogen and oxygen atoms in total.